The predicted molar refractivity (Wildman–Crippen MR) is 74.4 cm³/mol. The maximum atomic E-state index is 5.37. The lowest BCUT2D eigenvalue weighted by molar-refractivity contribution is 0.0503. The van der Waals surface area contributed by atoms with Gasteiger partial charge in [0.1, 0.15) is 0 Å². The van der Waals surface area contributed by atoms with Crippen molar-refractivity contribution in [2.24, 2.45) is 5.73 Å². The highest BCUT2D eigenvalue weighted by Crippen LogP contribution is 2.04. The molecule has 0 aliphatic carbocycles. The van der Waals surface area contributed by atoms with E-state index in [2.05, 4.69) is 16.8 Å². The van der Waals surface area contributed by atoms with E-state index in [0.717, 1.165) is 39.4 Å². The molecule has 2 fully saturated rings. The van der Waals surface area contributed by atoms with Crippen molar-refractivity contribution in [3.05, 3.63) is 0 Å². The second-order valence-corrected chi connectivity index (χ2v) is 4.25. The summed E-state index contributed by atoms with van der Waals surface area (Å²) in [6.45, 7) is 12.5. The average molecular weight is 245 g/mol. The third-order valence-corrected chi connectivity index (χ3v) is 2.88. The van der Waals surface area contributed by atoms with E-state index in [9.17, 15) is 0 Å². The van der Waals surface area contributed by atoms with Gasteiger partial charge in [-0.2, -0.15) is 0 Å². The molecule has 0 aromatic carbocycles. The molecule has 0 unspecified atom stereocenters. The Bertz CT molecular complexity index is 144. The third kappa shape index (κ3) is 9.53. The Kier molecular flexibility index (Phi) is 12.2. The van der Waals surface area contributed by atoms with Gasteiger partial charge >= 0.3 is 0 Å². The summed E-state index contributed by atoms with van der Waals surface area (Å²) in [4.78, 5) is 4.68. The van der Waals surface area contributed by atoms with E-state index in [1.807, 2.05) is 13.8 Å². The molecule has 0 bridgehead atoms. The number of hydrogen-bond acceptors (Lipinski definition) is 4. The van der Waals surface area contributed by atoms with Crippen LogP contribution in [0, 0.1) is 0 Å². The number of hydrogen-bond donors (Lipinski definition) is 1. The molecule has 2 rings (SSSR count). The minimum Gasteiger partial charge on any atom is -0.379 e. The number of likely N-dealkylation sites (tertiary alicyclic amines) is 1. The van der Waals surface area contributed by atoms with E-state index in [-0.39, 0.29) is 0 Å². The maximum Gasteiger partial charge on any atom is 0.0594 e. The second kappa shape index (κ2) is 12.3. The number of morpholine rings is 1. The molecule has 0 radical (unpaired) electrons. The van der Waals surface area contributed by atoms with Crippen molar-refractivity contribution in [3.63, 3.8) is 0 Å². The Labute approximate surface area is 107 Å². The molecule has 0 atom stereocenters. The van der Waals surface area contributed by atoms with Crippen molar-refractivity contribution < 1.29 is 4.74 Å². The standard InChI is InChI=1S/C6H14N2.C5H11NO.C2H6/c7-3-6-8-4-1-2-5-8;1-6-2-4-7-5-3-6;1-2/h1-7H2;2-5H2,1H3;1-2H3. The zero-order valence-corrected chi connectivity index (χ0v) is 12.0. The van der Waals surface area contributed by atoms with Crippen molar-refractivity contribution in [2.45, 2.75) is 26.7 Å². The fraction of sp³-hybridized carbons (Fsp3) is 1.00. The van der Waals surface area contributed by atoms with Crippen LogP contribution in [0.4, 0.5) is 0 Å². The van der Waals surface area contributed by atoms with Crippen molar-refractivity contribution in [2.75, 3.05) is 59.5 Å². The second-order valence-electron chi connectivity index (χ2n) is 4.25. The topological polar surface area (TPSA) is 41.7 Å². The molecule has 0 aromatic heterocycles. The zero-order valence-electron chi connectivity index (χ0n) is 12.0. The molecule has 0 saturated carbocycles. The highest BCUT2D eigenvalue weighted by molar-refractivity contribution is 4.65. The van der Waals surface area contributed by atoms with Crippen molar-refractivity contribution in [3.8, 4) is 0 Å². The molecule has 2 heterocycles. The maximum absolute atomic E-state index is 5.37. The van der Waals surface area contributed by atoms with Crippen LogP contribution >= 0.6 is 0 Å². The molecule has 2 saturated heterocycles. The monoisotopic (exact) mass is 245 g/mol. The van der Waals surface area contributed by atoms with Gasteiger partial charge in [0.2, 0.25) is 0 Å². The molecule has 4 nitrogen and oxygen atoms in total. The number of rotatable bonds is 2. The minimum atomic E-state index is 0.819. The summed E-state index contributed by atoms with van der Waals surface area (Å²) in [7, 11) is 2.11. The summed E-state index contributed by atoms with van der Waals surface area (Å²) >= 11 is 0. The largest absolute Gasteiger partial charge is 0.379 e. The van der Waals surface area contributed by atoms with Crippen molar-refractivity contribution >= 4 is 0 Å². The van der Waals surface area contributed by atoms with Gasteiger partial charge in [-0.15, -0.1) is 0 Å². The SMILES string of the molecule is CC.CN1CCOCC1.NCCN1CCCC1. The van der Waals surface area contributed by atoms with E-state index in [1.165, 1.54) is 25.9 Å². The van der Waals surface area contributed by atoms with E-state index < -0.39 is 0 Å². The van der Waals surface area contributed by atoms with Gasteiger partial charge in [0.25, 0.3) is 0 Å². The Balaban J connectivity index is 0.000000265. The molecule has 17 heavy (non-hydrogen) atoms. The molecule has 2 aliphatic rings. The van der Waals surface area contributed by atoms with Crippen LogP contribution < -0.4 is 5.73 Å². The lowest BCUT2D eigenvalue weighted by Crippen LogP contribution is -2.32. The number of nitrogens with zero attached hydrogens (tertiary/aromatic N) is 2. The average Bonchev–Trinajstić information content (AvgIpc) is 2.87. The van der Waals surface area contributed by atoms with Gasteiger partial charge in [-0.25, -0.2) is 0 Å². The number of ether oxygens (including phenoxy) is 1. The quantitative estimate of drug-likeness (QED) is 0.788. The molecule has 2 N–H and O–H groups in total. The highest BCUT2D eigenvalue weighted by atomic mass is 16.5. The summed E-state index contributed by atoms with van der Waals surface area (Å²) in [5.41, 5.74) is 5.37. The van der Waals surface area contributed by atoms with Gasteiger partial charge in [-0.3, -0.25) is 0 Å². The summed E-state index contributed by atoms with van der Waals surface area (Å²) in [5, 5.41) is 0. The lowest BCUT2D eigenvalue weighted by atomic mass is 10.4. The zero-order chi connectivity index (χ0) is 12.9. The van der Waals surface area contributed by atoms with Crippen LogP contribution in [0.5, 0.6) is 0 Å². The summed E-state index contributed by atoms with van der Waals surface area (Å²) < 4.78 is 5.10. The Hall–Kier alpha value is -0.160. The van der Waals surface area contributed by atoms with Crippen LogP contribution in [-0.4, -0.2) is 69.3 Å². The van der Waals surface area contributed by atoms with Gasteiger partial charge < -0.3 is 20.3 Å². The molecule has 104 valence electrons. The smallest absolute Gasteiger partial charge is 0.0594 e. The normalized spacial score (nSPS) is 21.2. The first kappa shape index (κ1) is 16.8. The predicted octanol–water partition coefficient (Wildman–Crippen LogP) is 1.02. The van der Waals surface area contributed by atoms with Crippen LogP contribution in [0.2, 0.25) is 0 Å². The Morgan fingerprint density at radius 2 is 1.53 bits per heavy atom. The molecular weight excluding hydrogens is 214 g/mol. The molecule has 0 spiro atoms. The van der Waals surface area contributed by atoms with E-state index >= 15 is 0 Å². The van der Waals surface area contributed by atoms with Gasteiger partial charge in [0, 0.05) is 26.2 Å². The molecule has 0 aromatic rings. The number of nitrogens with two attached hydrogens (primary N) is 1. The van der Waals surface area contributed by atoms with Gasteiger partial charge in [-0.1, -0.05) is 13.8 Å². The molecule has 4 heteroatoms. The first-order chi connectivity index (χ1) is 8.33. The fourth-order valence-electron chi connectivity index (χ4n) is 1.84. The number of likely N-dealkylation sites (N-methyl/N-ethyl adjacent to an activating group) is 1. The van der Waals surface area contributed by atoms with Crippen LogP contribution in [0.15, 0.2) is 0 Å². The van der Waals surface area contributed by atoms with Gasteiger partial charge in [-0.05, 0) is 33.0 Å². The molecule has 2 aliphatic heterocycles. The molecule has 0 amide bonds. The fourth-order valence-corrected chi connectivity index (χ4v) is 1.84. The van der Waals surface area contributed by atoms with Gasteiger partial charge in [0.05, 0.1) is 13.2 Å². The Morgan fingerprint density at radius 1 is 1.00 bits per heavy atom. The molecular formula is C13H31N3O. The first-order valence-corrected chi connectivity index (χ1v) is 7.01. The highest BCUT2D eigenvalue weighted by Gasteiger charge is 2.08. The Morgan fingerprint density at radius 3 is 1.88 bits per heavy atom. The van der Waals surface area contributed by atoms with Crippen LogP contribution in [0.1, 0.15) is 26.7 Å². The van der Waals surface area contributed by atoms with Crippen LogP contribution in [-0.2, 0) is 4.74 Å². The van der Waals surface area contributed by atoms with Crippen molar-refractivity contribution in [1.29, 1.82) is 0 Å². The minimum absolute atomic E-state index is 0.819. The summed E-state index contributed by atoms with van der Waals surface area (Å²) in [6, 6.07) is 0. The first-order valence-electron chi connectivity index (χ1n) is 7.01. The van der Waals surface area contributed by atoms with E-state index in [1.54, 1.807) is 0 Å². The van der Waals surface area contributed by atoms with E-state index in [0.29, 0.717) is 0 Å². The van der Waals surface area contributed by atoms with E-state index in [4.69, 9.17) is 10.5 Å². The summed E-state index contributed by atoms with van der Waals surface area (Å²) in [6.07, 6.45) is 2.75. The third-order valence-electron chi connectivity index (χ3n) is 2.88. The van der Waals surface area contributed by atoms with Crippen LogP contribution in [0.25, 0.3) is 0 Å². The van der Waals surface area contributed by atoms with Crippen molar-refractivity contribution in [1.82, 2.24) is 9.80 Å². The summed E-state index contributed by atoms with van der Waals surface area (Å²) in [5.74, 6) is 0. The lowest BCUT2D eigenvalue weighted by Gasteiger charge is -2.21. The van der Waals surface area contributed by atoms with Gasteiger partial charge in [0.15, 0.2) is 0 Å². The van der Waals surface area contributed by atoms with Crippen LogP contribution in [0.3, 0.4) is 0 Å².